The van der Waals surface area contributed by atoms with E-state index in [-0.39, 0.29) is 23.3 Å². The van der Waals surface area contributed by atoms with E-state index in [0.29, 0.717) is 6.54 Å². The fraction of sp³-hybridized carbons (Fsp3) is 0.500. The minimum Gasteiger partial charge on any atom is -0.478 e. The average molecular weight is 332 g/mol. The molecular weight excluding hydrogens is 308 g/mol. The van der Waals surface area contributed by atoms with Crippen molar-refractivity contribution in [3.05, 3.63) is 35.4 Å². The molecule has 24 heavy (non-hydrogen) atoms. The molecule has 2 rings (SSSR count). The van der Waals surface area contributed by atoms with E-state index in [1.807, 2.05) is 0 Å². The Bertz CT molecular complexity index is 606. The molecule has 6 heteroatoms. The largest absolute Gasteiger partial charge is 0.478 e. The van der Waals surface area contributed by atoms with Crippen molar-refractivity contribution in [2.24, 2.45) is 5.92 Å². The van der Waals surface area contributed by atoms with Gasteiger partial charge in [0, 0.05) is 20.5 Å². The number of likely N-dealkylation sites (N-methyl/N-ethyl adjacent to an activating group) is 1. The van der Waals surface area contributed by atoms with Gasteiger partial charge < -0.3 is 15.3 Å². The van der Waals surface area contributed by atoms with Gasteiger partial charge in [0.15, 0.2) is 0 Å². The van der Waals surface area contributed by atoms with E-state index >= 15 is 0 Å². The molecular formula is C18H24N2O4. The van der Waals surface area contributed by atoms with Gasteiger partial charge in [-0.25, -0.2) is 4.79 Å². The van der Waals surface area contributed by atoms with Gasteiger partial charge >= 0.3 is 5.97 Å². The van der Waals surface area contributed by atoms with E-state index in [0.717, 1.165) is 31.2 Å². The monoisotopic (exact) mass is 332 g/mol. The standard InChI is InChI=1S/C18H24N2O4/c1-12(21)19-16(14-5-3-4-6-14)17(22)20(2)11-13-7-9-15(10-8-13)18(23)24/h7-10,14,16H,3-6,11H2,1-2H3,(H,19,21)(H,23,24)/t16-/m1/s1. The maximum Gasteiger partial charge on any atom is 0.335 e. The van der Waals surface area contributed by atoms with Gasteiger partial charge in [0.25, 0.3) is 0 Å². The summed E-state index contributed by atoms with van der Waals surface area (Å²) in [5.41, 5.74) is 1.07. The van der Waals surface area contributed by atoms with Gasteiger partial charge in [-0.2, -0.15) is 0 Å². The predicted octanol–water partition coefficient (Wildman–Crippen LogP) is 2.04. The summed E-state index contributed by atoms with van der Waals surface area (Å²) >= 11 is 0. The Morgan fingerprint density at radius 2 is 1.79 bits per heavy atom. The van der Waals surface area contributed by atoms with Gasteiger partial charge in [0.1, 0.15) is 6.04 Å². The molecule has 6 nitrogen and oxygen atoms in total. The normalized spacial score (nSPS) is 15.8. The van der Waals surface area contributed by atoms with Gasteiger partial charge in [0.2, 0.25) is 11.8 Å². The van der Waals surface area contributed by atoms with Crippen molar-refractivity contribution in [1.29, 1.82) is 0 Å². The molecule has 1 saturated carbocycles. The Labute approximate surface area is 141 Å². The zero-order valence-electron chi connectivity index (χ0n) is 14.1. The second-order valence-electron chi connectivity index (χ2n) is 6.42. The second kappa shape index (κ2) is 7.95. The maximum atomic E-state index is 12.8. The number of aromatic carboxylic acids is 1. The van der Waals surface area contributed by atoms with E-state index < -0.39 is 12.0 Å². The summed E-state index contributed by atoms with van der Waals surface area (Å²) in [7, 11) is 1.71. The summed E-state index contributed by atoms with van der Waals surface area (Å²) in [5, 5.41) is 11.7. The number of amides is 2. The van der Waals surface area contributed by atoms with E-state index in [4.69, 9.17) is 5.11 Å². The zero-order valence-corrected chi connectivity index (χ0v) is 14.1. The van der Waals surface area contributed by atoms with Crippen molar-refractivity contribution in [2.75, 3.05) is 7.05 Å². The van der Waals surface area contributed by atoms with Crippen LogP contribution in [0.1, 0.15) is 48.5 Å². The topological polar surface area (TPSA) is 86.7 Å². The summed E-state index contributed by atoms with van der Waals surface area (Å²) in [5.74, 6) is -1.07. The van der Waals surface area contributed by atoms with Crippen molar-refractivity contribution in [1.82, 2.24) is 10.2 Å². The first-order chi connectivity index (χ1) is 11.4. The Balaban J connectivity index is 2.04. The molecule has 1 atom stereocenters. The lowest BCUT2D eigenvalue weighted by atomic mass is 9.96. The van der Waals surface area contributed by atoms with Crippen molar-refractivity contribution in [2.45, 2.75) is 45.2 Å². The van der Waals surface area contributed by atoms with E-state index in [2.05, 4.69) is 5.32 Å². The molecule has 1 fully saturated rings. The molecule has 0 spiro atoms. The molecule has 1 aromatic carbocycles. The highest BCUT2D eigenvalue weighted by Gasteiger charge is 2.33. The Kier molecular flexibility index (Phi) is 5.95. The molecule has 1 aromatic rings. The van der Waals surface area contributed by atoms with E-state index in [1.165, 1.54) is 19.1 Å². The molecule has 0 aliphatic heterocycles. The van der Waals surface area contributed by atoms with Crippen LogP contribution in [0.2, 0.25) is 0 Å². The van der Waals surface area contributed by atoms with Crippen LogP contribution in [0.25, 0.3) is 0 Å². The first-order valence-corrected chi connectivity index (χ1v) is 8.23. The molecule has 1 aliphatic rings. The third-order valence-electron chi connectivity index (χ3n) is 4.49. The van der Waals surface area contributed by atoms with Crippen LogP contribution in [0.4, 0.5) is 0 Å². The van der Waals surface area contributed by atoms with Crippen LogP contribution in [0.3, 0.4) is 0 Å². The smallest absolute Gasteiger partial charge is 0.335 e. The summed E-state index contributed by atoms with van der Waals surface area (Å²) < 4.78 is 0. The van der Waals surface area contributed by atoms with Gasteiger partial charge in [0.05, 0.1) is 5.56 Å². The summed E-state index contributed by atoms with van der Waals surface area (Å²) in [6.45, 7) is 1.81. The molecule has 130 valence electrons. The fourth-order valence-electron chi connectivity index (χ4n) is 3.23. The third-order valence-corrected chi connectivity index (χ3v) is 4.49. The lowest BCUT2D eigenvalue weighted by molar-refractivity contribution is -0.137. The molecule has 0 bridgehead atoms. The minimum absolute atomic E-state index is 0.0978. The van der Waals surface area contributed by atoms with Crippen LogP contribution >= 0.6 is 0 Å². The molecule has 0 unspecified atom stereocenters. The molecule has 1 aliphatic carbocycles. The average Bonchev–Trinajstić information content (AvgIpc) is 3.06. The number of carboxylic acid groups (broad SMARTS) is 1. The molecule has 2 amide bonds. The lowest BCUT2D eigenvalue weighted by Crippen LogP contribution is -2.50. The molecule has 0 heterocycles. The number of carbonyl (C=O) groups excluding carboxylic acids is 2. The number of hydrogen-bond acceptors (Lipinski definition) is 3. The Morgan fingerprint density at radius 1 is 1.21 bits per heavy atom. The SMILES string of the molecule is CC(=O)N[C@@H](C(=O)N(C)Cc1ccc(C(=O)O)cc1)C1CCCC1. The van der Waals surface area contributed by atoms with Crippen LogP contribution in [0.15, 0.2) is 24.3 Å². The summed E-state index contributed by atoms with van der Waals surface area (Å²) in [6.07, 6.45) is 4.10. The number of hydrogen-bond donors (Lipinski definition) is 2. The molecule has 0 saturated heterocycles. The lowest BCUT2D eigenvalue weighted by Gasteiger charge is -2.28. The quantitative estimate of drug-likeness (QED) is 0.834. The van der Waals surface area contributed by atoms with Crippen LogP contribution in [-0.2, 0) is 16.1 Å². The maximum absolute atomic E-state index is 12.8. The van der Waals surface area contributed by atoms with Gasteiger partial charge in [-0.1, -0.05) is 25.0 Å². The van der Waals surface area contributed by atoms with Crippen molar-refractivity contribution >= 4 is 17.8 Å². The number of rotatable bonds is 6. The third kappa shape index (κ3) is 4.57. The predicted molar refractivity (Wildman–Crippen MR) is 89.4 cm³/mol. The number of nitrogens with one attached hydrogen (secondary N) is 1. The molecule has 0 aromatic heterocycles. The molecule has 2 N–H and O–H groups in total. The van der Waals surface area contributed by atoms with Crippen molar-refractivity contribution < 1.29 is 19.5 Å². The first kappa shape index (κ1) is 18.0. The number of nitrogens with zero attached hydrogens (tertiary/aromatic N) is 1. The van der Waals surface area contributed by atoms with E-state index in [9.17, 15) is 14.4 Å². The van der Waals surface area contributed by atoms with Gasteiger partial charge in [-0.15, -0.1) is 0 Å². The van der Waals surface area contributed by atoms with Crippen molar-refractivity contribution in [3.63, 3.8) is 0 Å². The molecule has 0 radical (unpaired) electrons. The van der Waals surface area contributed by atoms with Crippen LogP contribution < -0.4 is 5.32 Å². The summed E-state index contributed by atoms with van der Waals surface area (Å²) in [4.78, 5) is 36.7. The van der Waals surface area contributed by atoms with Gasteiger partial charge in [-0.3, -0.25) is 9.59 Å². The Hall–Kier alpha value is -2.37. The Morgan fingerprint density at radius 3 is 2.29 bits per heavy atom. The minimum atomic E-state index is -0.974. The second-order valence-corrected chi connectivity index (χ2v) is 6.42. The van der Waals surface area contributed by atoms with Gasteiger partial charge in [-0.05, 0) is 36.5 Å². The van der Waals surface area contributed by atoms with E-state index in [1.54, 1.807) is 24.1 Å². The van der Waals surface area contributed by atoms with Crippen LogP contribution in [0.5, 0.6) is 0 Å². The number of benzene rings is 1. The highest BCUT2D eigenvalue weighted by atomic mass is 16.4. The fourth-order valence-corrected chi connectivity index (χ4v) is 3.23. The number of carboxylic acids is 1. The highest BCUT2D eigenvalue weighted by Crippen LogP contribution is 2.28. The zero-order chi connectivity index (χ0) is 17.7. The summed E-state index contributed by atoms with van der Waals surface area (Å²) in [6, 6.07) is 5.98. The first-order valence-electron chi connectivity index (χ1n) is 8.23. The number of carbonyl (C=O) groups is 3. The van der Waals surface area contributed by atoms with Crippen LogP contribution in [0, 0.1) is 5.92 Å². The van der Waals surface area contributed by atoms with Crippen LogP contribution in [-0.4, -0.2) is 40.9 Å². The highest BCUT2D eigenvalue weighted by molar-refractivity contribution is 5.88. The van der Waals surface area contributed by atoms with Crippen molar-refractivity contribution in [3.8, 4) is 0 Å².